The Hall–Kier alpha value is -0.570. The second kappa shape index (κ2) is 5.85. The molecular weight excluding hydrogens is 212 g/mol. The average molecular weight is 238 g/mol. The van der Waals surface area contributed by atoms with Crippen LogP contribution >= 0.6 is 0 Å². The van der Waals surface area contributed by atoms with E-state index in [1.54, 1.807) is 0 Å². The molecule has 17 heavy (non-hydrogen) atoms. The van der Waals surface area contributed by atoms with Crippen molar-refractivity contribution < 1.29 is 4.79 Å². The van der Waals surface area contributed by atoms with E-state index in [1.807, 2.05) is 7.05 Å². The Labute approximate surface area is 105 Å². The summed E-state index contributed by atoms with van der Waals surface area (Å²) in [6, 6.07) is 0. The van der Waals surface area contributed by atoms with E-state index < -0.39 is 0 Å². The van der Waals surface area contributed by atoms with Crippen LogP contribution in [0.3, 0.4) is 0 Å². The van der Waals surface area contributed by atoms with Crippen LogP contribution in [0.4, 0.5) is 0 Å². The zero-order valence-electron chi connectivity index (χ0n) is 11.1. The molecule has 2 saturated carbocycles. The van der Waals surface area contributed by atoms with E-state index in [0.29, 0.717) is 17.2 Å². The molecule has 3 heteroatoms. The minimum Gasteiger partial charge on any atom is -0.355 e. The highest BCUT2D eigenvalue weighted by atomic mass is 16.1. The van der Waals surface area contributed by atoms with E-state index >= 15 is 0 Å². The first kappa shape index (κ1) is 12.9. The first-order valence-corrected chi connectivity index (χ1v) is 7.18. The normalized spacial score (nSPS) is 24.1. The van der Waals surface area contributed by atoms with Gasteiger partial charge in [-0.1, -0.05) is 25.7 Å². The maximum atomic E-state index is 12.1. The largest absolute Gasteiger partial charge is 0.355 e. The van der Waals surface area contributed by atoms with Crippen molar-refractivity contribution in [2.75, 3.05) is 20.1 Å². The minimum atomic E-state index is 0.301. The van der Waals surface area contributed by atoms with Gasteiger partial charge in [-0.25, -0.2) is 0 Å². The van der Waals surface area contributed by atoms with Crippen molar-refractivity contribution in [2.45, 2.75) is 51.4 Å². The zero-order chi connectivity index (χ0) is 12.1. The van der Waals surface area contributed by atoms with Crippen LogP contribution in [0.15, 0.2) is 0 Å². The van der Waals surface area contributed by atoms with Crippen molar-refractivity contribution in [3.63, 3.8) is 0 Å². The molecule has 2 aliphatic carbocycles. The van der Waals surface area contributed by atoms with E-state index in [2.05, 4.69) is 10.6 Å². The first-order chi connectivity index (χ1) is 8.26. The zero-order valence-corrected chi connectivity index (χ0v) is 11.1. The Balaban J connectivity index is 1.74. The van der Waals surface area contributed by atoms with E-state index in [-0.39, 0.29) is 0 Å². The fraction of sp³-hybridized carbons (Fsp3) is 0.929. The van der Waals surface area contributed by atoms with Crippen molar-refractivity contribution in [3.8, 4) is 0 Å². The predicted molar refractivity (Wildman–Crippen MR) is 69.8 cm³/mol. The minimum absolute atomic E-state index is 0.301. The van der Waals surface area contributed by atoms with Crippen molar-refractivity contribution in [3.05, 3.63) is 0 Å². The van der Waals surface area contributed by atoms with Crippen LogP contribution in [-0.4, -0.2) is 26.0 Å². The molecule has 0 aromatic rings. The summed E-state index contributed by atoms with van der Waals surface area (Å²) < 4.78 is 0. The van der Waals surface area contributed by atoms with Gasteiger partial charge in [-0.3, -0.25) is 4.79 Å². The number of carbonyl (C=O) groups excluding carboxylic acids is 1. The highest BCUT2D eigenvalue weighted by Gasteiger charge is 2.36. The number of nitrogens with one attached hydrogen (secondary N) is 2. The topological polar surface area (TPSA) is 41.1 Å². The predicted octanol–water partition coefficient (Wildman–Crippen LogP) is 2.07. The highest BCUT2D eigenvalue weighted by molar-refractivity contribution is 5.78. The Morgan fingerprint density at radius 3 is 2.35 bits per heavy atom. The molecule has 0 heterocycles. The summed E-state index contributed by atoms with van der Waals surface area (Å²) in [5, 5.41) is 6.46. The van der Waals surface area contributed by atoms with Crippen LogP contribution in [0.1, 0.15) is 51.4 Å². The van der Waals surface area contributed by atoms with Crippen LogP contribution in [-0.2, 0) is 4.79 Å². The lowest BCUT2D eigenvalue weighted by atomic mass is 9.68. The third-order valence-electron chi connectivity index (χ3n) is 4.58. The van der Waals surface area contributed by atoms with Crippen LogP contribution < -0.4 is 10.6 Å². The molecule has 2 aliphatic rings. The molecule has 0 radical (unpaired) electrons. The van der Waals surface area contributed by atoms with Gasteiger partial charge < -0.3 is 10.6 Å². The summed E-state index contributed by atoms with van der Waals surface area (Å²) >= 11 is 0. The number of amides is 1. The van der Waals surface area contributed by atoms with Crippen LogP contribution in [0.25, 0.3) is 0 Å². The standard InChI is InChI=1S/C14H26N2O/c1-15-10-14(8-5-9-14)11-16-13(17)12-6-3-2-4-7-12/h12,15H,2-11H2,1H3,(H,16,17). The molecular formula is C14H26N2O. The molecule has 2 fully saturated rings. The van der Waals surface area contributed by atoms with Crippen LogP contribution in [0.2, 0.25) is 0 Å². The van der Waals surface area contributed by atoms with Gasteiger partial charge in [-0.15, -0.1) is 0 Å². The summed E-state index contributed by atoms with van der Waals surface area (Å²) in [6.45, 7) is 1.92. The SMILES string of the molecule is CNCC1(CNC(=O)C2CCCCC2)CCC1. The van der Waals surface area contributed by atoms with E-state index in [1.165, 1.54) is 38.5 Å². The number of rotatable bonds is 5. The van der Waals surface area contributed by atoms with Crippen LogP contribution in [0.5, 0.6) is 0 Å². The van der Waals surface area contributed by atoms with Gasteiger partial charge in [-0.05, 0) is 32.7 Å². The van der Waals surface area contributed by atoms with Gasteiger partial charge in [0.1, 0.15) is 0 Å². The molecule has 3 nitrogen and oxygen atoms in total. The summed E-state index contributed by atoms with van der Waals surface area (Å²) in [7, 11) is 2.00. The Morgan fingerprint density at radius 1 is 1.12 bits per heavy atom. The van der Waals surface area contributed by atoms with E-state index in [0.717, 1.165) is 25.9 Å². The van der Waals surface area contributed by atoms with Crippen molar-refractivity contribution in [1.29, 1.82) is 0 Å². The smallest absolute Gasteiger partial charge is 0.223 e. The molecule has 0 aromatic heterocycles. The van der Waals surface area contributed by atoms with Gasteiger partial charge in [-0.2, -0.15) is 0 Å². The molecule has 0 aromatic carbocycles. The van der Waals surface area contributed by atoms with E-state index in [9.17, 15) is 4.79 Å². The summed E-state index contributed by atoms with van der Waals surface area (Å²) in [5.41, 5.74) is 0.360. The van der Waals surface area contributed by atoms with E-state index in [4.69, 9.17) is 0 Å². The summed E-state index contributed by atoms with van der Waals surface area (Å²) in [4.78, 5) is 12.1. The van der Waals surface area contributed by atoms with Crippen molar-refractivity contribution >= 4 is 5.91 Å². The molecule has 0 unspecified atom stereocenters. The maximum Gasteiger partial charge on any atom is 0.223 e. The number of hydrogen-bond acceptors (Lipinski definition) is 2. The highest BCUT2D eigenvalue weighted by Crippen LogP contribution is 2.39. The molecule has 2 rings (SSSR count). The molecule has 0 saturated heterocycles. The monoisotopic (exact) mass is 238 g/mol. The fourth-order valence-electron chi connectivity index (χ4n) is 3.25. The molecule has 0 atom stereocenters. The number of hydrogen-bond donors (Lipinski definition) is 2. The van der Waals surface area contributed by atoms with Gasteiger partial charge in [0, 0.05) is 24.4 Å². The molecule has 1 amide bonds. The summed E-state index contributed by atoms with van der Waals surface area (Å²) in [6.07, 6.45) is 9.83. The van der Waals surface area contributed by atoms with Gasteiger partial charge >= 0.3 is 0 Å². The fourth-order valence-corrected chi connectivity index (χ4v) is 3.25. The Kier molecular flexibility index (Phi) is 4.43. The second-order valence-electron chi connectivity index (χ2n) is 5.94. The van der Waals surface area contributed by atoms with Gasteiger partial charge in [0.25, 0.3) is 0 Å². The summed E-state index contributed by atoms with van der Waals surface area (Å²) in [5.74, 6) is 0.613. The van der Waals surface area contributed by atoms with Crippen molar-refractivity contribution in [1.82, 2.24) is 10.6 Å². The van der Waals surface area contributed by atoms with Crippen molar-refractivity contribution in [2.24, 2.45) is 11.3 Å². The van der Waals surface area contributed by atoms with Gasteiger partial charge in [0.2, 0.25) is 5.91 Å². The van der Waals surface area contributed by atoms with Gasteiger partial charge in [0.05, 0.1) is 0 Å². The number of carbonyl (C=O) groups is 1. The Bertz CT molecular complexity index is 255. The molecule has 0 spiro atoms. The third-order valence-corrected chi connectivity index (χ3v) is 4.58. The Morgan fingerprint density at radius 2 is 1.82 bits per heavy atom. The second-order valence-corrected chi connectivity index (χ2v) is 5.94. The molecule has 0 aliphatic heterocycles. The lowest BCUT2D eigenvalue weighted by molar-refractivity contribution is -0.126. The quantitative estimate of drug-likeness (QED) is 0.770. The van der Waals surface area contributed by atoms with Crippen LogP contribution in [0, 0.1) is 11.3 Å². The average Bonchev–Trinajstić information content (AvgIpc) is 2.33. The molecule has 0 bridgehead atoms. The third kappa shape index (κ3) is 3.21. The maximum absolute atomic E-state index is 12.1. The lowest BCUT2D eigenvalue weighted by Gasteiger charge is -2.42. The first-order valence-electron chi connectivity index (χ1n) is 7.18. The van der Waals surface area contributed by atoms with Gasteiger partial charge in [0.15, 0.2) is 0 Å². The molecule has 98 valence electrons. The molecule has 2 N–H and O–H groups in total. The lowest BCUT2D eigenvalue weighted by Crippen LogP contribution is -2.48.